The van der Waals surface area contributed by atoms with E-state index in [1.165, 1.54) is 13.0 Å². The zero-order chi connectivity index (χ0) is 25.0. The first-order valence-electron chi connectivity index (χ1n) is 11.6. The van der Waals surface area contributed by atoms with Gasteiger partial charge in [0.2, 0.25) is 5.88 Å². The molecule has 3 aromatic heterocycles. The molecule has 5 aromatic rings. The van der Waals surface area contributed by atoms with Gasteiger partial charge in [-0.05, 0) is 19.1 Å². The minimum atomic E-state index is -0.615. The zero-order valence-corrected chi connectivity index (χ0v) is 19.9. The maximum atomic E-state index is 15.0. The highest BCUT2D eigenvalue weighted by atomic mass is 19.1. The van der Waals surface area contributed by atoms with Crippen molar-refractivity contribution >= 4 is 17.1 Å². The van der Waals surface area contributed by atoms with Gasteiger partial charge in [0.05, 0.1) is 5.69 Å². The van der Waals surface area contributed by atoms with Crippen molar-refractivity contribution in [3.63, 3.8) is 0 Å². The van der Waals surface area contributed by atoms with E-state index in [9.17, 15) is 4.79 Å². The first kappa shape index (κ1) is 22.0. The fourth-order valence-electron chi connectivity index (χ4n) is 4.88. The van der Waals surface area contributed by atoms with Crippen molar-refractivity contribution in [3.8, 4) is 22.9 Å². The Kier molecular flexibility index (Phi) is 4.93. The summed E-state index contributed by atoms with van der Waals surface area (Å²) in [5.41, 5.74) is 4.16. The first-order chi connectivity index (χ1) is 17.3. The molecule has 1 aliphatic rings. The maximum absolute atomic E-state index is 15.0. The van der Waals surface area contributed by atoms with Crippen molar-refractivity contribution in [3.05, 3.63) is 95.3 Å². The number of ether oxygens (including phenoxy) is 1. The molecule has 0 saturated heterocycles. The number of carbonyl (C=O) groups is 1. The Balaban J connectivity index is 1.50. The van der Waals surface area contributed by atoms with E-state index in [2.05, 4.69) is 15.0 Å². The maximum Gasteiger partial charge on any atom is 0.223 e. The summed E-state index contributed by atoms with van der Waals surface area (Å²) in [5.74, 6) is 0.411. The van der Waals surface area contributed by atoms with Crippen LogP contribution in [0.15, 0.2) is 67.0 Å². The molecule has 0 radical (unpaired) electrons. The number of pyridine rings is 1. The highest BCUT2D eigenvalue weighted by molar-refractivity contribution is 5.94. The molecule has 1 unspecified atom stereocenters. The zero-order valence-electron chi connectivity index (χ0n) is 19.9. The normalized spacial score (nSPS) is 14.7. The van der Waals surface area contributed by atoms with Gasteiger partial charge in [0.1, 0.15) is 5.82 Å². The Bertz CT molecular complexity index is 1610. The van der Waals surface area contributed by atoms with Gasteiger partial charge < -0.3 is 9.72 Å². The van der Waals surface area contributed by atoms with Crippen LogP contribution in [0.25, 0.3) is 22.6 Å². The van der Waals surface area contributed by atoms with Crippen LogP contribution in [0.3, 0.4) is 0 Å². The fraction of sp³-hybridized carbons (Fsp3) is 0.179. The number of fused-ring (bicyclic) bond motifs is 3. The van der Waals surface area contributed by atoms with Gasteiger partial charge >= 0.3 is 0 Å². The second-order valence-electron chi connectivity index (χ2n) is 9.45. The molecule has 1 aliphatic heterocycles. The van der Waals surface area contributed by atoms with Crippen LogP contribution in [0.1, 0.15) is 54.0 Å². The van der Waals surface area contributed by atoms with Gasteiger partial charge in [-0.25, -0.2) is 24.3 Å². The van der Waals surface area contributed by atoms with Crippen molar-refractivity contribution in [2.75, 3.05) is 0 Å². The number of hydrogen-bond acceptors (Lipinski definition) is 6. The fourth-order valence-corrected chi connectivity index (χ4v) is 4.88. The van der Waals surface area contributed by atoms with Gasteiger partial charge in [-0.1, -0.05) is 56.3 Å². The molecule has 0 fully saturated rings. The highest BCUT2D eigenvalue weighted by Gasteiger charge is 2.43. The molecule has 178 valence electrons. The lowest BCUT2D eigenvalue weighted by atomic mass is 9.69. The number of para-hydroxylation sites is 1. The average Bonchev–Trinajstić information content (AvgIpc) is 3.33. The number of benzene rings is 2. The number of ketones is 1. The number of nitrogens with one attached hydrogen (secondary N) is 1. The van der Waals surface area contributed by atoms with Gasteiger partial charge in [0, 0.05) is 46.0 Å². The molecular weight excluding hydrogens is 457 g/mol. The van der Waals surface area contributed by atoms with Crippen LogP contribution < -0.4 is 4.74 Å². The van der Waals surface area contributed by atoms with E-state index in [1.807, 2.05) is 44.2 Å². The number of hydrogen-bond donors (Lipinski definition) is 1. The number of rotatable bonds is 4. The van der Waals surface area contributed by atoms with Crippen LogP contribution in [0, 0.1) is 5.82 Å². The number of carbonyl (C=O) groups excluding carboxylic acids is 1. The van der Waals surface area contributed by atoms with E-state index >= 15 is 4.39 Å². The Morgan fingerprint density at radius 1 is 0.972 bits per heavy atom. The van der Waals surface area contributed by atoms with Gasteiger partial charge in [0.25, 0.3) is 0 Å². The second kappa shape index (κ2) is 8.05. The van der Waals surface area contributed by atoms with Crippen LogP contribution in [0.2, 0.25) is 0 Å². The lowest BCUT2D eigenvalue weighted by Gasteiger charge is -2.37. The van der Waals surface area contributed by atoms with E-state index in [4.69, 9.17) is 14.7 Å². The predicted octanol–water partition coefficient (Wildman–Crippen LogP) is 5.97. The molecule has 1 atom stereocenters. The lowest BCUT2D eigenvalue weighted by Crippen LogP contribution is -2.32. The highest BCUT2D eigenvalue weighted by Crippen LogP contribution is 2.52. The molecule has 36 heavy (non-hydrogen) atoms. The molecule has 4 heterocycles. The van der Waals surface area contributed by atoms with Crippen molar-refractivity contribution in [2.45, 2.75) is 32.1 Å². The summed E-state index contributed by atoms with van der Waals surface area (Å²) in [5, 5.41) is 0. The molecule has 0 spiro atoms. The summed E-state index contributed by atoms with van der Waals surface area (Å²) in [7, 11) is 0. The average molecular weight is 480 g/mol. The number of Topliss-reactive ketones (excluding diaryl/α,β-unsaturated/α-hetero) is 1. The first-order valence-corrected chi connectivity index (χ1v) is 11.6. The minimum absolute atomic E-state index is 0.00331. The lowest BCUT2D eigenvalue weighted by molar-refractivity contribution is 0.101. The van der Waals surface area contributed by atoms with E-state index < -0.39 is 11.2 Å². The van der Waals surface area contributed by atoms with E-state index in [-0.39, 0.29) is 17.5 Å². The number of aromatic amines is 1. The van der Waals surface area contributed by atoms with Crippen LogP contribution in [0.4, 0.5) is 4.39 Å². The standard InChI is InChI=1S/C28H22FN5O2/c1-15(35)16-7-9-17(10-8-16)21-12-11-19-22(18-5-4-6-20(29)23(18)36-26(19)32-21)28(2,3)27-33-24-25(34-27)31-14-13-30-24/h4-14,22H,1-3H3,(H,30,31,33,34). The summed E-state index contributed by atoms with van der Waals surface area (Å²) < 4.78 is 21.1. The Labute approximate surface area is 206 Å². The summed E-state index contributed by atoms with van der Waals surface area (Å²) in [6, 6.07) is 16.1. The monoisotopic (exact) mass is 479 g/mol. The molecule has 6 rings (SSSR count). The Morgan fingerprint density at radius 3 is 2.50 bits per heavy atom. The van der Waals surface area contributed by atoms with E-state index in [1.54, 1.807) is 30.6 Å². The number of nitrogens with zero attached hydrogens (tertiary/aromatic N) is 4. The number of aromatic nitrogens is 5. The van der Waals surface area contributed by atoms with Crippen LogP contribution >= 0.6 is 0 Å². The van der Waals surface area contributed by atoms with Gasteiger partial charge in [-0.2, -0.15) is 0 Å². The minimum Gasteiger partial charge on any atom is -0.435 e. The third-order valence-corrected chi connectivity index (χ3v) is 6.76. The molecular formula is C28H22FN5O2. The van der Waals surface area contributed by atoms with Crippen molar-refractivity contribution in [1.82, 2.24) is 24.9 Å². The van der Waals surface area contributed by atoms with Crippen LogP contribution in [-0.2, 0) is 5.41 Å². The topological polar surface area (TPSA) is 93.7 Å². The SMILES string of the molecule is CC(=O)c1ccc(-c2ccc3c(n2)Oc2c(F)cccc2C3C(C)(C)c2nc3nccnc3[nH]2)cc1. The summed E-state index contributed by atoms with van der Waals surface area (Å²) >= 11 is 0. The van der Waals surface area contributed by atoms with Gasteiger partial charge in [-0.15, -0.1) is 0 Å². The smallest absolute Gasteiger partial charge is 0.223 e. The van der Waals surface area contributed by atoms with Crippen LogP contribution in [-0.4, -0.2) is 30.7 Å². The third-order valence-electron chi connectivity index (χ3n) is 6.76. The van der Waals surface area contributed by atoms with Gasteiger partial charge in [-0.3, -0.25) is 4.79 Å². The Hall–Kier alpha value is -4.46. The molecule has 8 heteroatoms. The van der Waals surface area contributed by atoms with E-state index in [0.717, 1.165) is 11.1 Å². The third kappa shape index (κ3) is 3.45. The largest absolute Gasteiger partial charge is 0.435 e. The van der Waals surface area contributed by atoms with Crippen molar-refractivity contribution < 1.29 is 13.9 Å². The predicted molar refractivity (Wildman–Crippen MR) is 133 cm³/mol. The van der Waals surface area contributed by atoms with Crippen LogP contribution in [0.5, 0.6) is 11.6 Å². The quantitative estimate of drug-likeness (QED) is 0.319. The molecule has 0 aliphatic carbocycles. The van der Waals surface area contributed by atoms with Gasteiger partial charge in [0.15, 0.2) is 28.6 Å². The van der Waals surface area contributed by atoms with E-state index in [0.29, 0.717) is 39.8 Å². The molecule has 0 saturated carbocycles. The molecule has 7 nitrogen and oxygen atoms in total. The molecule has 0 bridgehead atoms. The molecule has 0 amide bonds. The number of halogens is 1. The molecule has 2 aromatic carbocycles. The number of imidazole rings is 1. The Morgan fingerprint density at radius 2 is 1.75 bits per heavy atom. The summed E-state index contributed by atoms with van der Waals surface area (Å²) in [4.78, 5) is 33.0. The van der Waals surface area contributed by atoms with Crippen molar-refractivity contribution in [1.29, 1.82) is 0 Å². The van der Waals surface area contributed by atoms with Crippen molar-refractivity contribution in [2.24, 2.45) is 0 Å². The summed E-state index contributed by atoms with van der Waals surface area (Å²) in [6.45, 7) is 5.63. The summed E-state index contributed by atoms with van der Waals surface area (Å²) in [6.07, 6.45) is 3.21. The number of H-pyrrole nitrogens is 1. The molecule has 1 N–H and O–H groups in total. The second-order valence-corrected chi connectivity index (χ2v) is 9.45.